The molecular formula is C20H21N3O6. The number of carbonyl (C=O) groups excluding carboxylic acids is 1. The number of nitro benzene ring substituents is 1. The molecule has 0 radical (unpaired) electrons. The van der Waals surface area contributed by atoms with Gasteiger partial charge in [-0.1, -0.05) is 6.07 Å². The fourth-order valence-corrected chi connectivity index (χ4v) is 2.87. The molecule has 152 valence electrons. The summed E-state index contributed by atoms with van der Waals surface area (Å²) in [5, 5.41) is 19.9. The first-order valence-electron chi connectivity index (χ1n) is 9.19. The molecule has 1 amide bonds. The van der Waals surface area contributed by atoms with E-state index in [1.807, 2.05) is 25.1 Å². The minimum absolute atomic E-state index is 0.166. The van der Waals surface area contributed by atoms with E-state index in [9.17, 15) is 14.9 Å². The van der Waals surface area contributed by atoms with Gasteiger partial charge >= 0.3 is 5.69 Å². The quantitative estimate of drug-likeness (QED) is 0.239. The van der Waals surface area contributed by atoms with E-state index in [0.717, 1.165) is 5.56 Å². The lowest BCUT2D eigenvalue weighted by atomic mass is 10.2. The SMILES string of the molecule is Cc1ccc2nc(-c3ccc(OCCCCCC(=O)NO)c([N+](=O)[O-])c3)oc2c1. The number of hydroxylamine groups is 1. The number of carbonyl (C=O) groups is 1. The predicted octanol–water partition coefficient (Wildman–Crippen LogP) is 4.16. The van der Waals surface area contributed by atoms with Gasteiger partial charge in [-0.25, -0.2) is 10.5 Å². The Bertz CT molecular complexity index is 1030. The normalized spacial score (nSPS) is 10.8. The molecule has 0 atom stereocenters. The van der Waals surface area contributed by atoms with Gasteiger partial charge in [0.15, 0.2) is 11.3 Å². The Balaban J connectivity index is 1.68. The lowest BCUT2D eigenvalue weighted by Crippen LogP contribution is -2.17. The fraction of sp³-hybridized carbons (Fsp3) is 0.300. The van der Waals surface area contributed by atoms with Crippen molar-refractivity contribution in [2.75, 3.05) is 6.61 Å². The van der Waals surface area contributed by atoms with Gasteiger partial charge in [0, 0.05) is 18.1 Å². The molecule has 0 unspecified atom stereocenters. The van der Waals surface area contributed by atoms with Gasteiger partial charge in [-0.2, -0.15) is 0 Å². The van der Waals surface area contributed by atoms with Crippen molar-refractivity contribution in [3.8, 4) is 17.2 Å². The molecule has 3 aromatic rings. The van der Waals surface area contributed by atoms with Crippen LogP contribution in [0, 0.1) is 17.0 Å². The monoisotopic (exact) mass is 399 g/mol. The Labute approximate surface area is 166 Å². The van der Waals surface area contributed by atoms with Gasteiger partial charge in [-0.15, -0.1) is 0 Å². The number of hydrogen-bond acceptors (Lipinski definition) is 7. The highest BCUT2D eigenvalue weighted by Crippen LogP contribution is 2.33. The molecule has 9 heteroatoms. The standard InChI is InChI=1S/C20H21N3O6/c1-13-6-8-15-18(11-13)29-20(21-15)14-7-9-17(16(12-14)23(26)27)28-10-4-2-3-5-19(24)22-25/h6-9,11-12,25H,2-5,10H2,1H3,(H,22,24). The molecule has 0 saturated carbocycles. The zero-order chi connectivity index (χ0) is 20.8. The maximum atomic E-state index is 11.5. The fourth-order valence-electron chi connectivity index (χ4n) is 2.87. The molecular weight excluding hydrogens is 378 g/mol. The number of unbranched alkanes of at least 4 members (excludes halogenated alkanes) is 2. The molecule has 0 bridgehead atoms. The number of aromatic nitrogens is 1. The summed E-state index contributed by atoms with van der Waals surface area (Å²) in [6.45, 7) is 2.23. The molecule has 2 N–H and O–H groups in total. The minimum Gasteiger partial charge on any atom is -0.487 e. The van der Waals surface area contributed by atoms with Crippen LogP contribution in [0.5, 0.6) is 5.75 Å². The van der Waals surface area contributed by atoms with E-state index in [-0.39, 0.29) is 24.5 Å². The van der Waals surface area contributed by atoms with E-state index in [2.05, 4.69) is 4.98 Å². The van der Waals surface area contributed by atoms with E-state index in [1.54, 1.807) is 11.5 Å². The molecule has 0 fully saturated rings. The Morgan fingerprint density at radius 3 is 2.83 bits per heavy atom. The highest BCUT2D eigenvalue weighted by molar-refractivity contribution is 5.77. The molecule has 1 aromatic heterocycles. The molecule has 0 aliphatic carbocycles. The highest BCUT2D eigenvalue weighted by Gasteiger charge is 2.19. The average molecular weight is 399 g/mol. The average Bonchev–Trinajstić information content (AvgIpc) is 3.13. The second kappa shape index (κ2) is 9.16. The maximum Gasteiger partial charge on any atom is 0.311 e. The van der Waals surface area contributed by atoms with Crippen LogP contribution in [0.4, 0.5) is 5.69 Å². The smallest absolute Gasteiger partial charge is 0.311 e. The number of oxazole rings is 1. The van der Waals surface area contributed by atoms with Crippen LogP contribution >= 0.6 is 0 Å². The highest BCUT2D eigenvalue weighted by atomic mass is 16.6. The number of nitrogens with zero attached hydrogens (tertiary/aromatic N) is 2. The minimum atomic E-state index is -0.503. The molecule has 1 heterocycles. The third-order valence-corrected chi connectivity index (χ3v) is 4.38. The Morgan fingerprint density at radius 1 is 1.24 bits per heavy atom. The Kier molecular flexibility index (Phi) is 6.40. The van der Waals surface area contributed by atoms with Gasteiger partial charge in [0.05, 0.1) is 11.5 Å². The van der Waals surface area contributed by atoms with Crippen molar-refractivity contribution in [3.63, 3.8) is 0 Å². The predicted molar refractivity (Wildman–Crippen MR) is 105 cm³/mol. The van der Waals surface area contributed by atoms with Gasteiger partial charge in [0.25, 0.3) is 0 Å². The van der Waals surface area contributed by atoms with Crippen molar-refractivity contribution < 1.29 is 24.1 Å². The third kappa shape index (κ3) is 5.08. The zero-order valence-electron chi connectivity index (χ0n) is 15.9. The van der Waals surface area contributed by atoms with E-state index >= 15 is 0 Å². The van der Waals surface area contributed by atoms with Crippen molar-refractivity contribution in [1.82, 2.24) is 10.5 Å². The van der Waals surface area contributed by atoms with Crippen LogP contribution in [-0.4, -0.2) is 27.6 Å². The zero-order valence-corrected chi connectivity index (χ0v) is 15.9. The molecule has 29 heavy (non-hydrogen) atoms. The van der Waals surface area contributed by atoms with Crippen LogP contribution in [0.2, 0.25) is 0 Å². The second-order valence-corrected chi connectivity index (χ2v) is 6.62. The first-order chi connectivity index (χ1) is 14.0. The summed E-state index contributed by atoms with van der Waals surface area (Å²) >= 11 is 0. The number of aryl methyl sites for hydroxylation is 1. The number of benzene rings is 2. The summed E-state index contributed by atoms with van der Waals surface area (Å²) < 4.78 is 11.3. The van der Waals surface area contributed by atoms with Gasteiger partial charge in [0.1, 0.15) is 5.52 Å². The topological polar surface area (TPSA) is 128 Å². The van der Waals surface area contributed by atoms with Gasteiger partial charge in [-0.05, 0) is 56.0 Å². The lowest BCUT2D eigenvalue weighted by molar-refractivity contribution is -0.385. The van der Waals surface area contributed by atoms with Crippen LogP contribution in [0.15, 0.2) is 40.8 Å². The number of fused-ring (bicyclic) bond motifs is 1. The van der Waals surface area contributed by atoms with Crippen LogP contribution in [0.3, 0.4) is 0 Å². The summed E-state index contributed by atoms with van der Waals surface area (Å²) in [4.78, 5) is 26.3. The summed E-state index contributed by atoms with van der Waals surface area (Å²) in [7, 11) is 0. The first-order valence-corrected chi connectivity index (χ1v) is 9.19. The first kappa shape index (κ1) is 20.3. The van der Waals surface area contributed by atoms with Crippen LogP contribution in [-0.2, 0) is 4.79 Å². The van der Waals surface area contributed by atoms with E-state index in [1.165, 1.54) is 12.1 Å². The molecule has 0 spiro atoms. The van der Waals surface area contributed by atoms with Crippen LogP contribution in [0.1, 0.15) is 31.2 Å². The van der Waals surface area contributed by atoms with Crippen LogP contribution in [0.25, 0.3) is 22.6 Å². The largest absolute Gasteiger partial charge is 0.487 e. The molecule has 3 rings (SSSR count). The summed E-state index contributed by atoms with van der Waals surface area (Å²) in [5.41, 5.74) is 4.24. The molecule has 9 nitrogen and oxygen atoms in total. The summed E-state index contributed by atoms with van der Waals surface area (Å²) in [6, 6.07) is 10.2. The van der Waals surface area contributed by atoms with Crippen molar-refractivity contribution in [1.29, 1.82) is 0 Å². The van der Waals surface area contributed by atoms with E-state index < -0.39 is 10.8 Å². The summed E-state index contributed by atoms with van der Waals surface area (Å²) in [5.74, 6) is 0.0349. The van der Waals surface area contributed by atoms with E-state index in [4.69, 9.17) is 14.4 Å². The molecule has 0 saturated heterocycles. The Hall–Kier alpha value is -3.46. The van der Waals surface area contributed by atoms with Gasteiger partial charge in [-0.3, -0.25) is 20.1 Å². The number of nitro groups is 1. The molecule has 0 aliphatic rings. The number of ether oxygens (including phenoxy) is 1. The van der Waals surface area contributed by atoms with Crippen molar-refractivity contribution >= 4 is 22.7 Å². The van der Waals surface area contributed by atoms with Gasteiger partial charge < -0.3 is 9.15 Å². The number of rotatable bonds is 9. The number of hydrogen-bond donors (Lipinski definition) is 2. The number of amides is 1. The van der Waals surface area contributed by atoms with Crippen molar-refractivity contribution in [2.24, 2.45) is 0 Å². The Morgan fingerprint density at radius 2 is 2.07 bits per heavy atom. The van der Waals surface area contributed by atoms with Crippen LogP contribution < -0.4 is 10.2 Å². The lowest BCUT2D eigenvalue weighted by Gasteiger charge is -2.07. The number of nitrogens with one attached hydrogen (secondary N) is 1. The molecule has 2 aromatic carbocycles. The van der Waals surface area contributed by atoms with E-state index in [0.29, 0.717) is 41.8 Å². The second-order valence-electron chi connectivity index (χ2n) is 6.62. The van der Waals surface area contributed by atoms with Gasteiger partial charge in [0.2, 0.25) is 11.8 Å². The maximum absolute atomic E-state index is 11.5. The third-order valence-electron chi connectivity index (χ3n) is 4.38. The molecule has 0 aliphatic heterocycles. The van der Waals surface area contributed by atoms with Crippen molar-refractivity contribution in [3.05, 3.63) is 52.1 Å². The van der Waals surface area contributed by atoms with Crippen molar-refractivity contribution in [2.45, 2.75) is 32.6 Å². The summed E-state index contributed by atoms with van der Waals surface area (Å²) in [6.07, 6.45) is 2.13.